The number of aromatic nitrogens is 1. The number of carbonyl (C=O) groups excluding carboxylic acids is 5. The topological polar surface area (TPSA) is 179 Å². The Kier molecular flexibility index (Phi) is 7.69. The van der Waals surface area contributed by atoms with E-state index in [4.69, 9.17) is 9.84 Å². The minimum Gasteiger partial charge on any atom is -0.496 e. The Morgan fingerprint density at radius 2 is 2.00 bits per heavy atom. The smallest absolute Gasteiger partial charge is 0.358 e. The lowest BCUT2D eigenvalue weighted by molar-refractivity contribution is -0.155. The van der Waals surface area contributed by atoms with Gasteiger partial charge in [0.1, 0.15) is 23.8 Å². The SMILES string of the molecule is COc1cc(C(=O)NN2CCC(=O)N3CCCC(C(=O)NC(C=O)CC(=O)O)N3C2=O)nc2ccccc12. The van der Waals surface area contributed by atoms with Crippen molar-refractivity contribution in [3.05, 3.63) is 36.0 Å². The molecule has 14 nitrogen and oxygen atoms in total. The maximum Gasteiger partial charge on any atom is 0.358 e. The number of ether oxygens (including phenoxy) is 1. The molecule has 2 aliphatic rings. The first-order chi connectivity index (χ1) is 18.2. The van der Waals surface area contributed by atoms with Crippen molar-refractivity contribution in [1.82, 2.24) is 30.8 Å². The highest BCUT2D eigenvalue weighted by Gasteiger charge is 2.44. The number of nitrogens with zero attached hydrogens (tertiary/aromatic N) is 4. The molecule has 5 amide bonds. The maximum absolute atomic E-state index is 13.5. The summed E-state index contributed by atoms with van der Waals surface area (Å²) in [6.45, 7) is 0.0112. The molecule has 0 spiro atoms. The highest BCUT2D eigenvalue weighted by molar-refractivity contribution is 5.98. The zero-order valence-corrected chi connectivity index (χ0v) is 20.5. The summed E-state index contributed by atoms with van der Waals surface area (Å²) < 4.78 is 5.37. The lowest BCUT2D eigenvalue weighted by Crippen LogP contribution is -2.64. The van der Waals surface area contributed by atoms with E-state index in [0.717, 1.165) is 15.0 Å². The Labute approximate surface area is 216 Å². The highest BCUT2D eigenvalue weighted by Crippen LogP contribution is 2.26. The third-order valence-electron chi connectivity index (χ3n) is 6.22. The van der Waals surface area contributed by atoms with Gasteiger partial charge in [-0.25, -0.2) is 24.8 Å². The van der Waals surface area contributed by atoms with Gasteiger partial charge < -0.3 is 20.0 Å². The number of aliphatic carboxylic acids is 1. The molecule has 0 saturated carbocycles. The van der Waals surface area contributed by atoms with Gasteiger partial charge in [0.2, 0.25) is 11.8 Å². The maximum atomic E-state index is 13.5. The van der Waals surface area contributed by atoms with Crippen molar-refractivity contribution in [2.24, 2.45) is 0 Å². The second kappa shape index (κ2) is 11.1. The fourth-order valence-electron chi connectivity index (χ4n) is 4.42. The van der Waals surface area contributed by atoms with Gasteiger partial charge in [-0.2, -0.15) is 0 Å². The number of amides is 5. The molecule has 2 aromatic rings. The van der Waals surface area contributed by atoms with E-state index in [1.54, 1.807) is 24.3 Å². The fourth-order valence-corrected chi connectivity index (χ4v) is 4.42. The van der Waals surface area contributed by atoms with Gasteiger partial charge in [0.15, 0.2) is 0 Å². The Morgan fingerprint density at radius 3 is 2.71 bits per heavy atom. The minimum absolute atomic E-state index is 0.0313. The van der Waals surface area contributed by atoms with Gasteiger partial charge in [0.05, 0.1) is 31.6 Å². The second-order valence-electron chi connectivity index (χ2n) is 8.72. The van der Waals surface area contributed by atoms with Crippen molar-refractivity contribution in [1.29, 1.82) is 0 Å². The van der Waals surface area contributed by atoms with Crippen LogP contribution in [0.2, 0.25) is 0 Å². The Morgan fingerprint density at radius 1 is 1.24 bits per heavy atom. The van der Waals surface area contributed by atoms with Crippen LogP contribution in [0, 0.1) is 0 Å². The average molecular weight is 527 g/mol. The summed E-state index contributed by atoms with van der Waals surface area (Å²) in [5.74, 6) is -2.84. The molecule has 2 aliphatic heterocycles. The lowest BCUT2D eigenvalue weighted by atomic mass is 10.1. The third-order valence-corrected chi connectivity index (χ3v) is 6.22. The number of methoxy groups -OCH3 is 1. The van der Waals surface area contributed by atoms with Crippen LogP contribution in [-0.4, -0.2) is 93.4 Å². The van der Waals surface area contributed by atoms with Gasteiger partial charge in [-0.05, 0) is 25.0 Å². The minimum atomic E-state index is -1.31. The molecule has 2 unspecified atom stereocenters. The van der Waals surface area contributed by atoms with Crippen molar-refractivity contribution in [3.8, 4) is 5.75 Å². The Bertz CT molecular complexity index is 1300. The van der Waals surface area contributed by atoms with E-state index in [1.807, 2.05) is 0 Å². The van der Waals surface area contributed by atoms with E-state index in [2.05, 4.69) is 15.7 Å². The van der Waals surface area contributed by atoms with Crippen LogP contribution < -0.4 is 15.5 Å². The Balaban J connectivity index is 1.57. The molecule has 14 heteroatoms. The number of carboxylic acids is 1. The molecule has 1 aromatic heterocycles. The van der Waals surface area contributed by atoms with Crippen LogP contribution in [0.3, 0.4) is 0 Å². The van der Waals surface area contributed by atoms with E-state index >= 15 is 0 Å². The van der Waals surface area contributed by atoms with E-state index < -0.39 is 48.2 Å². The summed E-state index contributed by atoms with van der Waals surface area (Å²) in [6.07, 6.45) is 0.0836. The van der Waals surface area contributed by atoms with E-state index in [-0.39, 0.29) is 31.6 Å². The van der Waals surface area contributed by atoms with Crippen molar-refractivity contribution < 1.29 is 38.6 Å². The summed E-state index contributed by atoms with van der Waals surface area (Å²) in [5, 5.41) is 15.0. The molecule has 2 fully saturated rings. The number of fused-ring (bicyclic) bond motifs is 2. The standard InChI is InChI=1S/C24H26N6O8/c1-38-19-12-17(26-16-6-3-2-5-15(16)19)22(35)27-28-10-8-20(32)29-9-4-7-18(30(29)24(28)37)23(36)25-14(13-31)11-21(33)34/h2-3,5-6,12-14,18H,4,7-11H2,1H3,(H,25,36)(H,27,35)(H,33,34). The first kappa shape index (κ1) is 26.3. The first-order valence-electron chi connectivity index (χ1n) is 11.9. The predicted molar refractivity (Wildman–Crippen MR) is 129 cm³/mol. The summed E-state index contributed by atoms with van der Waals surface area (Å²) >= 11 is 0. The molecule has 38 heavy (non-hydrogen) atoms. The third kappa shape index (κ3) is 5.33. The lowest BCUT2D eigenvalue weighted by Gasteiger charge is -2.42. The molecule has 2 atom stereocenters. The number of hydrogen-bond donors (Lipinski definition) is 3. The summed E-state index contributed by atoms with van der Waals surface area (Å²) in [5.41, 5.74) is 2.94. The first-order valence-corrected chi connectivity index (χ1v) is 11.9. The largest absolute Gasteiger partial charge is 0.496 e. The summed E-state index contributed by atoms with van der Waals surface area (Å²) in [6, 6.07) is 5.13. The van der Waals surface area contributed by atoms with Gasteiger partial charge in [0, 0.05) is 24.4 Å². The molecule has 0 radical (unpaired) electrons. The van der Waals surface area contributed by atoms with Crippen LogP contribution in [0.5, 0.6) is 5.75 Å². The quantitative estimate of drug-likeness (QED) is 0.402. The van der Waals surface area contributed by atoms with E-state index in [1.165, 1.54) is 13.2 Å². The van der Waals surface area contributed by atoms with Gasteiger partial charge in [-0.3, -0.25) is 24.6 Å². The number of para-hydroxylation sites is 1. The van der Waals surface area contributed by atoms with Crippen molar-refractivity contribution in [3.63, 3.8) is 0 Å². The van der Waals surface area contributed by atoms with E-state index in [9.17, 15) is 28.8 Å². The van der Waals surface area contributed by atoms with Crippen molar-refractivity contribution in [2.45, 2.75) is 37.8 Å². The molecular weight excluding hydrogens is 500 g/mol. The van der Waals surface area contributed by atoms with Crippen molar-refractivity contribution >= 4 is 46.9 Å². The molecule has 0 bridgehead atoms. The van der Waals surface area contributed by atoms with Crippen LogP contribution in [0.15, 0.2) is 30.3 Å². The monoisotopic (exact) mass is 526 g/mol. The number of benzene rings is 1. The van der Waals surface area contributed by atoms with Gasteiger partial charge in [-0.1, -0.05) is 12.1 Å². The van der Waals surface area contributed by atoms with Crippen LogP contribution in [0.25, 0.3) is 10.9 Å². The van der Waals surface area contributed by atoms with Gasteiger partial charge >= 0.3 is 12.0 Å². The number of pyridine rings is 1. The molecule has 4 rings (SSSR count). The van der Waals surface area contributed by atoms with Crippen LogP contribution in [-0.2, 0) is 19.2 Å². The summed E-state index contributed by atoms with van der Waals surface area (Å²) in [7, 11) is 1.45. The zero-order valence-electron chi connectivity index (χ0n) is 20.5. The molecular formula is C24H26N6O8. The molecule has 1 aromatic carbocycles. The van der Waals surface area contributed by atoms with Crippen LogP contribution >= 0.6 is 0 Å². The number of rotatable bonds is 8. The summed E-state index contributed by atoms with van der Waals surface area (Å²) in [4.78, 5) is 79.0. The molecule has 3 heterocycles. The average Bonchev–Trinajstić information content (AvgIpc) is 3.03. The Hall–Kier alpha value is -4.75. The zero-order chi connectivity index (χ0) is 27.4. The number of aldehydes is 1. The molecule has 200 valence electrons. The predicted octanol–water partition coefficient (Wildman–Crippen LogP) is 0.0803. The second-order valence-corrected chi connectivity index (χ2v) is 8.72. The number of carbonyl (C=O) groups is 6. The highest BCUT2D eigenvalue weighted by atomic mass is 16.5. The molecule has 0 aliphatic carbocycles. The van der Waals surface area contributed by atoms with Crippen LogP contribution in [0.1, 0.15) is 36.2 Å². The number of nitrogens with one attached hydrogen (secondary N) is 2. The number of hydrazine groups is 2. The van der Waals surface area contributed by atoms with Crippen molar-refractivity contribution in [2.75, 3.05) is 20.2 Å². The van der Waals surface area contributed by atoms with Gasteiger partial charge in [0.25, 0.3) is 5.91 Å². The molecule has 3 N–H and O–H groups in total. The fraction of sp³-hybridized carbons (Fsp3) is 0.375. The van der Waals surface area contributed by atoms with Gasteiger partial charge in [-0.15, -0.1) is 0 Å². The number of urea groups is 1. The number of carboxylic acid groups (broad SMARTS) is 1. The molecule has 2 saturated heterocycles. The van der Waals surface area contributed by atoms with E-state index in [0.29, 0.717) is 29.4 Å². The van der Waals surface area contributed by atoms with Crippen LogP contribution in [0.4, 0.5) is 4.79 Å². The normalized spacial score (nSPS) is 18.3. The number of hydrogen-bond acceptors (Lipinski definition) is 8.